The van der Waals surface area contributed by atoms with Crippen LogP contribution in [0.3, 0.4) is 0 Å². The number of hydrogen-bond donors (Lipinski definition) is 0. The first-order valence-corrected chi connectivity index (χ1v) is 11.6. The summed E-state index contributed by atoms with van der Waals surface area (Å²) in [5.74, 6) is 1.54. The van der Waals surface area contributed by atoms with Crippen LogP contribution in [0, 0.1) is 5.92 Å². The minimum absolute atomic E-state index is 0.198. The lowest BCUT2D eigenvalue weighted by atomic mass is 10.1. The van der Waals surface area contributed by atoms with Gasteiger partial charge >= 0.3 is 6.18 Å². The molecule has 1 aromatic heterocycles. The summed E-state index contributed by atoms with van der Waals surface area (Å²) in [6.45, 7) is 6.61. The van der Waals surface area contributed by atoms with Crippen LogP contribution in [-0.4, -0.2) is 55.7 Å². The third-order valence-electron chi connectivity index (χ3n) is 5.60. The number of carbonyl (C=O) groups excluding carboxylic acids is 1. The van der Waals surface area contributed by atoms with Crippen LogP contribution in [0.4, 0.5) is 19.0 Å². The van der Waals surface area contributed by atoms with Crippen LogP contribution in [0.15, 0.2) is 30.5 Å². The van der Waals surface area contributed by atoms with E-state index >= 15 is 0 Å². The Balaban J connectivity index is 1.69. The second-order valence-corrected chi connectivity index (χ2v) is 8.96. The van der Waals surface area contributed by atoms with Crippen LogP contribution < -0.4 is 14.4 Å². The fourth-order valence-corrected chi connectivity index (χ4v) is 3.92. The van der Waals surface area contributed by atoms with E-state index in [-0.39, 0.29) is 5.91 Å². The maximum absolute atomic E-state index is 13.2. The number of aromatic nitrogens is 1. The predicted octanol–water partition coefficient (Wildman–Crippen LogP) is 5.54. The van der Waals surface area contributed by atoms with Gasteiger partial charge in [-0.1, -0.05) is 25.4 Å². The Morgan fingerprint density at radius 1 is 1.18 bits per heavy atom. The van der Waals surface area contributed by atoms with Crippen LogP contribution in [0.2, 0.25) is 5.02 Å². The normalized spacial score (nSPS) is 14.8. The zero-order chi connectivity index (χ0) is 24.9. The minimum atomic E-state index is -4.43. The minimum Gasteiger partial charge on any atom is -0.493 e. The first-order valence-electron chi connectivity index (χ1n) is 11.2. The molecule has 2 aromatic rings. The summed E-state index contributed by atoms with van der Waals surface area (Å²) in [7, 11) is 1.50. The Morgan fingerprint density at radius 2 is 1.94 bits per heavy atom. The molecule has 3 rings (SSSR count). The molecule has 1 aromatic carbocycles. The van der Waals surface area contributed by atoms with E-state index in [0.717, 1.165) is 18.7 Å². The highest BCUT2D eigenvalue weighted by Gasteiger charge is 2.31. The molecule has 10 heteroatoms. The van der Waals surface area contributed by atoms with Gasteiger partial charge in [-0.3, -0.25) is 4.79 Å². The highest BCUT2D eigenvalue weighted by Crippen LogP contribution is 2.37. The Hall–Kier alpha value is -2.68. The highest BCUT2D eigenvalue weighted by atomic mass is 35.5. The number of anilines is 1. The quantitative estimate of drug-likeness (QED) is 0.500. The number of nitrogens with zero attached hydrogens (tertiary/aromatic N) is 3. The standard InChI is InChI=1S/C24H29ClF3N3O3/c1-16(2)7-12-34-22-19(25)13-17(14-20(22)33-3)23(32)31-9-4-8-30(10-11-31)21-6-5-18(15-29-21)24(26,27)28/h5-6,13-16H,4,7-12H2,1-3H3. The molecule has 0 atom stereocenters. The fraction of sp³-hybridized carbons (Fsp3) is 0.500. The summed E-state index contributed by atoms with van der Waals surface area (Å²) in [5.41, 5.74) is -0.399. The van der Waals surface area contributed by atoms with E-state index in [1.165, 1.54) is 13.2 Å². The number of amides is 1. The Morgan fingerprint density at radius 3 is 2.56 bits per heavy atom. The van der Waals surface area contributed by atoms with Crippen molar-refractivity contribution in [1.82, 2.24) is 9.88 Å². The average Bonchev–Trinajstić information content (AvgIpc) is 3.05. The van der Waals surface area contributed by atoms with Gasteiger partial charge in [0.2, 0.25) is 0 Å². The molecule has 0 N–H and O–H groups in total. The van der Waals surface area contributed by atoms with E-state index in [2.05, 4.69) is 18.8 Å². The van der Waals surface area contributed by atoms with Crippen molar-refractivity contribution in [1.29, 1.82) is 0 Å². The van der Waals surface area contributed by atoms with Crippen molar-refractivity contribution in [3.63, 3.8) is 0 Å². The van der Waals surface area contributed by atoms with Crippen molar-refractivity contribution >= 4 is 23.3 Å². The van der Waals surface area contributed by atoms with Gasteiger partial charge in [-0.25, -0.2) is 4.98 Å². The van der Waals surface area contributed by atoms with Gasteiger partial charge in [-0.05, 0) is 43.0 Å². The van der Waals surface area contributed by atoms with Crippen LogP contribution in [0.1, 0.15) is 42.6 Å². The third kappa shape index (κ3) is 6.46. The largest absolute Gasteiger partial charge is 0.493 e. The maximum atomic E-state index is 13.2. The van der Waals surface area contributed by atoms with Gasteiger partial charge in [0.1, 0.15) is 5.82 Å². The molecule has 0 aliphatic carbocycles. The van der Waals surface area contributed by atoms with Crippen molar-refractivity contribution in [2.75, 3.05) is 44.8 Å². The average molecular weight is 500 g/mol. The molecule has 186 valence electrons. The van der Waals surface area contributed by atoms with E-state index in [9.17, 15) is 18.0 Å². The van der Waals surface area contributed by atoms with Crippen LogP contribution in [0.25, 0.3) is 0 Å². The molecule has 6 nitrogen and oxygen atoms in total. The molecule has 0 spiro atoms. The highest BCUT2D eigenvalue weighted by molar-refractivity contribution is 6.32. The topological polar surface area (TPSA) is 54.9 Å². The number of carbonyl (C=O) groups is 1. The SMILES string of the molecule is COc1cc(C(=O)N2CCCN(c3ccc(C(F)(F)F)cn3)CC2)cc(Cl)c1OCCC(C)C. The lowest BCUT2D eigenvalue weighted by Crippen LogP contribution is -2.35. The van der Waals surface area contributed by atoms with Crippen molar-refractivity contribution in [3.05, 3.63) is 46.6 Å². The molecule has 0 radical (unpaired) electrons. The number of methoxy groups -OCH3 is 1. The summed E-state index contributed by atoms with van der Waals surface area (Å²) in [5, 5.41) is 0.303. The number of benzene rings is 1. The number of alkyl halides is 3. The second kappa shape index (κ2) is 11.2. The summed E-state index contributed by atoms with van der Waals surface area (Å²) in [4.78, 5) is 20.8. The number of pyridine rings is 1. The Bertz CT molecular complexity index is 984. The number of hydrogen-bond acceptors (Lipinski definition) is 5. The number of rotatable bonds is 7. The number of halogens is 4. The first-order chi connectivity index (χ1) is 16.1. The molecule has 0 bridgehead atoms. The summed E-state index contributed by atoms with van der Waals surface area (Å²) < 4.78 is 49.6. The summed E-state index contributed by atoms with van der Waals surface area (Å²) in [6.07, 6.45) is -2.08. The molecule has 34 heavy (non-hydrogen) atoms. The zero-order valence-corrected chi connectivity index (χ0v) is 20.2. The summed E-state index contributed by atoms with van der Waals surface area (Å²) in [6, 6.07) is 5.59. The Labute approximate surface area is 202 Å². The van der Waals surface area contributed by atoms with E-state index in [1.54, 1.807) is 17.0 Å². The molecule has 2 heterocycles. The van der Waals surface area contributed by atoms with Crippen molar-refractivity contribution in [2.45, 2.75) is 32.9 Å². The molecule has 1 aliphatic rings. The van der Waals surface area contributed by atoms with Gasteiger partial charge in [0, 0.05) is 37.9 Å². The fourth-order valence-electron chi connectivity index (χ4n) is 3.65. The monoisotopic (exact) mass is 499 g/mol. The second-order valence-electron chi connectivity index (χ2n) is 8.56. The van der Waals surface area contributed by atoms with Crippen molar-refractivity contribution < 1.29 is 27.4 Å². The smallest absolute Gasteiger partial charge is 0.417 e. The van der Waals surface area contributed by atoms with Gasteiger partial charge in [0.15, 0.2) is 11.5 Å². The molecule has 1 amide bonds. The first kappa shape index (κ1) is 25.9. The van der Waals surface area contributed by atoms with Crippen LogP contribution >= 0.6 is 11.6 Å². The van der Waals surface area contributed by atoms with Gasteiger partial charge in [0.25, 0.3) is 5.91 Å². The third-order valence-corrected chi connectivity index (χ3v) is 5.88. The van der Waals surface area contributed by atoms with E-state index in [4.69, 9.17) is 21.1 Å². The van der Waals surface area contributed by atoms with E-state index < -0.39 is 11.7 Å². The lowest BCUT2D eigenvalue weighted by molar-refractivity contribution is -0.137. The molecule has 1 aliphatic heterocycles. The maximum Gasteiger partial charge on any atom is 0.417 e. The van der Waals surface area contributed by atoms with E-state index in [0.29, 0.717) is 73.0 Å². The van der Waals surface area contributed by atoms with Crippen LogP contribution in [-0.2, 0) is 6.18 Å². The lowest BCUT2D eigenvalue weighted by Gasteiger charge is -2.23. The molecular weight excluding hydrogens is 471 g/mol. The van der Waals surface area contributed by atoms with Gasteiger partial charge in [0.05, 0.1) is 24.3 Å². The molecule has 0 unspecified atom stereocenters. The van der Waals surface area contributed by atoms with Gasteiger partial charge in [-0.2, -0.15) is 13.2 Å². The van der Waals surface area contributed by atoms with Gasteiger partial charge in [-0.15, -0.1) is 0 Å². The predicted molar refractivity (Wildman–Crippen MR) is 125 cm³/mol. The molecule has 1 fully saturated rings. The van der Waals surface area contributed by atoms with Crippen molar-refractivity contribution in [3.8, 4) is 11.5 Å². The molecule has 1 saturated heterocycles. The van der Waals surface area contributed by atoms with Crippen LogP contribution in [0.5, 0.6) is 11.5 Å². The Kier molecular flexibility index (Phi) is 8.52. The molecule has 0 saturated carbocycles. The van der Waals surface area contributed by atoms with Gasteiger partial charge < -0.3 is 19.3 Å². The zero-order valence-electron chi connectivity index (χ0n) is 19.5. The summed E-state index contributed by atoms with van der Waals surface area (Å²) >= 11 is 6.42. The van der Waals surface area contributed by atoms with E-state index in [1.807, 2.05) is 4.90 Å². The van der Waals surface area contributed by atoms with Crippen molar-refractivity contribution in [2.24, 2.45) is 5.92 Å². The number of ether oxygens (including phenoxy) is 2. The molecular formula is C24H29ClF3N3O3.